The third-order valence-electron chi connectivity index (χ3n) is 4.00. The summed E-state index contributed by atoms with van der Waals surface area (Å²) in [6.45, 7) is 3.28. The lowest BCUT2D eigenvalue weighted by atomic mass is 10.0. The molecule has 0 bridgehead atoms. The van der Waals surface area contributed by atoms with Crippen molar-refractivity contribution in [3.8, 4) is 0 Å². The highest BCUT2D eigenvalue weighted by molar-refractivity contribution is 6.29. The number of nitrogens with one attached hydrogen (secondary N) is 1. The maximum Gasteiger partial charge on any atom is 0.287 e. The van der Waals surface area contributed by atoms with Crippen LogP contribution in [0.15, 0.2) is 34.7 Å². The molecule has 1 saturated heterocycles. The minimum absolute atomic E-state index is 0.0555. The summed E-state index contributed by atoms with van der Waals surface area (Å²) in [5.74, 6) is -0.345. The summed E-state index contributed by atoms with van der Waals surface area (Å²) < 4.78 is 19.2. The van der Waals surface area contributed by atoms with Crippen molar-refractivity contribution in [2.45, 2.75) is 25.8 Å². The molecule has 3 rings (SSSR count). The van der Waals surface area contributed by atoms with Gasteiger partial charge in [0.05, 0.1) is 5.69 Å². The Morgan fingerprint density at radius 1 is 1.39 bits per heavy atom. The van der Waals surface area contributed by atoms with Gasteiger partial charge in [-0.05, 0) is 61.2 Å². The van der Waals surface area contributed by atoms with Crippen LogP contribution < -0.4 is 10.2 Å². The summed E-state index contributed by atoms with van der Waals surface area (Å²) >= 11 is 5.69. The molecule has 0 saturated carbocycles. The van der Waals surface area contributed by atoms with E-state index in [-0.39, 0.29) is 28.7 Å². The van der Waals surface area contributed by atoms with Gasteiger partial charge in [-0.1, -0.05) is 6.07 Å². The van der Waals surface area contributed by atoms with E-state index in [1.165, 1.54) is 12.1 Å². The van der Waals surface area contributed by atoms with Gasteiger partial charge in [0.15, 0.2) is 11.0 Å². The Morgan fingerprint density at radius 2 is 2.22 bits per heavy atom. The highest BCUT2D eigenvalue weighted by atomic mass is 35.5. The van der Waals surface area contributed by atoms with Crippen molar-refractivity contribution in [1.29, 1.82) is 0 Å². The second kappa shape index (κ2) is 6.62. The molecule has 1 aromatic carbocycles. The van der Waals surface area contributed by atoms with Crippen LogP contribution >= 0.6 is 11.6 Å². The summed E-state index contributed by atoms with van der Waals surface area (Å²) in [6, 6.07) is 8.09. The Hall–Kier alpha value is -2.01. The second-order valence-electron chi connectivity index (χ2n) is 5.82. The Kier molecular flexibility index (Phi) is 4.57. The molecule has 0 spiro atoms. The molecule has 1 atom stereocenters. The standard InChI is InChI=1S/C17H18ClFN2O2/c1-11-4-5-13(19)14(9-11)21-8-2-3-12(10-21)20-17(22)15-6-7-16(18)23-15/h4-7,9,12H,2-3,8,10H2,1H3,(H,20,22). The number of hydrogen-bond acceptors (Lipinski definition) is 3. The van der Waals surface area contributed by atoms with Crippen LogP contribution in [-0.2, 0) is 0 Å². The van der Waals surface area contributed by atoms with E-state index >= 15 is 0 Å². The molecule has 122 valence electrons. The van der Waals surface area contributed by atoms with Crippen LogP contribution in [-0.4, -0.2) is 25.0 Å². The van der Waals surface area contributed by atoms with Crippen LogP contribution in [0.25, 0.3) is 0 Å². The Balaban J connectivity index is 1.68. The topological polar surface area (TPSA) is 45.5 Å². The number of anilines is 1. The predicted octanol–water partition coefficient (Wildman–Crippen LogP) is 3.78. The molecule has 23 heavy (non-hydrogen) atoms. The summed E-state index contributed by atoms with van der Waals surface area (Å²) in [5, 5.41) is 3.11. The van der Waals surface area contributed by atoms with Crippen molar-refractivity contribution in [3.63, 3.8) is 0 Å². The molecule has 0 aliphatic carbocycles. The number of carbonyl (C=O) groups excluding carboxylic acids is 1. The van der Waals surface area contributed by atoms with Gasteiger partial charge in [0.1, 0.15) is 5.82 Å². The van der Waals surface area contributed by atoms with Gasteiger partial charge in [-0.3, -0.25) is 4.79 Å². The minimum atomic E-state index is -0.298. The fourth-order valence-corrected chi connectivity index (χ4v) is 3.02. The van der Waals surface area contributed by atoms with Crippen molar-refractivity contribution < 1.29 is 13.6 Å². The highest BCUT2D eigenvalue weighted by Crippen LogP contribution is 2.24. The van der Waals surface area contributed by atoms with E-state index in [0.29, 0.717) is 12.2 Å². The van der Waals surface area contributed by atoms with E-state index < -0.39 is 0 Å². The zero-order valence-corrected chi connectivity index (χ0v) is 13.6. The lowest BCUT2D eigenvalue weighted by Gasteiger charge is -2.35. The van der Waals surface area contributed by atoms with Crippen LogP contribution in [0.1, 0.15) is 29.0 Å². The molecular formula is C17H18ClFN2O2. The molecule has 0 radical (unpaired) electrons. The van der Waals surface area contributed by atoms with Crippen LogP contribution in [0.2, 0.25) is 5.22 Å². The van der Waals surface area contributed by atoms with Gasteiger partial charge in [-0.2, -0.15) is 0 Å². The van der Waals surface area contributed by atoms with Crippen LogP contribution in [0.5, 0.6) is 0 Å². The zero-order chi connectivity index (χ0) is 16.4. The molecule has 1 fully saturated rings. The number of aryl methyl sites for hydroxylation is 1. The average Bonchev–Trinajstić information content (AvgIpc) is 2.97. The molecule has 6 heteroatoms. The lowest BCUT2D eigenvalue weighted by Crippen LogP contribution is -2.48. The van der Waals surface area contributed by atoms with E-state index in [2.05, 4.69) is 5.32 Å². The van der Waals surface area contributed by atoms with Crippen molar-refractivity contribution >= 4 is 23.2 Å². The number of hydrogen-bond donors (Lipinski definition) is 1. The third-order valence-corrected chi connectivity index (χ3v) is 4.20. The van der Waals surface area contributed by atoms with E-state index in [4.69, 9.17) is 16.0 Å². The van der Waals surface area contributed by atoms with Gasteiger partial charge < -0.3 is 14.6 Å². The largest absolute Gasteiger partial charge is 0.440 e. The number of carbonyl (C=O) groups is 1. The highest BCUT2D eigenvalue weighted by Gasteiger charge is 2.24. The van der Waals surface area contributed by atoms with E-state index in [1.807, 2.05) is 17.9 Å². The van der Waals surface area contributed by atoms with Crippen LogP contribution in [0.3, 0.4) is 0 Å². The monoisotopic (exact) mass is 336 g/mol. The van der Waals surface area contributed by atoms with Gasteiger partial charge in [-0.25, -0.2) is 4.39 Å². The molecule has 1 amide bonds. The fraction of sp³-hybridized carbons (Fsp3) is 0.353. The lowest BCUT2D eigenvalue weighted by molar-refractivity contribution is 0.0905. The molecular weight excluding hydrogens is 319 g/mol. The van der Waals surface area contributed by atoms with E-state index in [1.54, 1.807) is 12.1 Å². The van der Waals surface area contributed by atoms with E-state index in [0.717, 1.165) is 24.9 Å². The molecule has 1 unspecified atom stereocenters. The SMILES string of the molecule is Cc1ccc(F)c(N2CCCC(NC(=O)c3ccc(Cl)o3)C2)c1. The summed E-state index contributed by atoms with van der Waals surface area (Å²) in [7, 11) is 0. The molecule has 2 heterocycles. The predicted molar refractivity (Wildman–Crippen MR) is 87.6 cm³/mol. The molecule has 1 aromatic heterocycles. The first-order chi connectivity index (χ1) is 11.0. The summed E-state index contributed by atoms with van der Waals surface area (Å²) in [4.78, 5) is 14.1. The number of halogens is 2. The van der Waals surface area contributed by atoms with Crippen LogP contribution in [0.4, 0.5) is 10.1 Å². The molecule has 4 nitrogen and oxygen atoms in total. The Bertz CT molecular complexity index is 716. The smallest absolute Gasteiger partial charge is 0.287 e. The van der Waals surface area contributed by atoms with Crippen molar-refractivity contribution in [3.05, 3.63) is 52.7 Å². The number of nitrogens with zero attached hydrogens (tertiary/aromatic N) is 1. The van der Waals surface area contributed by atoms with E-state index in [9.17, 15) is 9.18 Å². The normalized spacial score (nSPS) is 18.0. The first kappa shape index (κ1) is 15.9. The van der Waals surface area contributed by atoms with Crippen molar-refractivity contribution in [1.82, 2.24) is 5.32 Å². The first-order valence-electron chi connectivity index (χ1n) is 7.60. The minimum Gasteiger partial charge on any atom is -0.440 e. The van der Waals surface area contributed by atoms with Gasteiger partial charge in [0.25, 0.3) is 5.91 Å². The Morgan fingerprint density at radius 3 is 2.96 bits per heavy atom. The third kappa shape index (κ3) is 3.67. The number of piperidine rings is 1. The number of furan rings is 1. The molecule has 1 aliphatic rings. The zero-order valence-electron chi connectivity index (χ0n) is 12.8. The average molecular weight is 337 g/mol. The van der Waals surface area contributed by atoms with Gasteiger partial charge in [0.2, 0.25) is 0 Å². The number of amides is 1. The molecule has 1 N–H and O–H groups in total. The molecule has 1 aliphatic heterocycles. The van der Waals surface area contributed by atoms with Crippen LogP contribution in [0, 0.1) is 12.7 Å². The maximum absolute atomic E-state index is 14.1. The van der Waals surface area contributed by atoms with Gasteiger partial charge >= 0.3 is 0 Å². The van der Waals surface area contributed by atoms with Crippen molar-refractivity contribution in [2.24, 2.45) is 0 Å². The maximum atomic E-state index is 14.1. The van der Waals surface area contributed by atoms with Crippen molar-refractivity contribution in [2.75, 3.05) is 18.0 Å². The summed E-state index contributed by atoms with van der Waals surface area (Å²) in [5.41, 5.74) is 1.60. The quantitative estimate of drug-likeness (QED) is 0.927. The first-order valence-corrected chi connectivity index (χ1v) is 7.98. The van der Waals surface area contributed by atoms with Gasteiger partial charge in [0, 0.05) is 19.1 Å². The number of benzene rings is 1. The number of rotatable bonds is 3. The summed E-state index contributed by atoms with van der Waals surface area (Å²) in [6.07, 6.45) is 1.74. The Labute approximate surface area is 139 Å². The van der Waals surface area contributed by atoms with Gasteiger partial charge in [-0.15, -0.1) is 0 Å². The fourth-order valence-electron chi connectivity index (χ4n) is 2.87. The second-order valence-corrected chi connectivity index (χ2v) is 6.19. The molecule has 2 aromatic rings.